The van der Waals surface area contributed by atoms with Crippen LogP contribution < -0.4 is 0 Å². The molecule has 2 nitrogen and oxygen atoms in total. The van der Waals surface area contributed by atoms with Crippen LogP contribution >= 0.6 is 11.8 Å². The Hall–Kier alpha value is -1.14. The third kappa shape index (κ3) is 6.40. The number of benzene rings is 1. The molecule has 0 aliphatic rings. The van der Waals surface area contributed by atoms with E-state index in [0.717, 1.165) is 29.7 Å². The fourth-order valence-corrected chi connectivity index (χ4v) is 3.67. The van der Waals surface area contributed by atoms with Gasteiger partial charge in [0.1, 0.15) is 5.75 Å². The van der Waals surface area contributed by atoms with Crippen molar-refractivity contribution in [2.45, 2.75) is 89.4 Å². The average Bonchev–Trinajstić information content (AvgIpc) is 2.45. The normalized spacial score (nSPS) is 12.2. The van der Waals surface area contributed by atoms with E-state index in [2.05, 4.69) is 59.7 Å². The number of thioether (sulfide) groups is 1. The minimum absolute atomic E-state index is 0.0715. The summed E-state index contributed by atoms with van der Waals surface area (Å²) in [6, 6.07) is 6.52. The monoisotopic (exact) mass is 347 g/mol. The fraction of sp³-hybridized carbons (Fsp3) is 0.667. The molecule has 0 amide bonds. The van der Waals surface area contributed by atoms with Crippen LogP contribution in [-0.4, -0.2) is 10.9 Å². The maximum Gasteiger partial charge on any atom is 0.123 e. The summed E-state index contributed by atoms with van der Waals surface area (Å²) >= 11 is 1.88. The van der Waals surface area contributed by atoms with Crippen LogP contribution in [0.4, 0.5) is 0 Å². The van der Waals surface area contributed by atoms with Gasteiger partial charge in [0, 0.05) is 22.4 Å². The molecule has 0 heterocycles. The highest BCUT2D eigenvalue weighted by atomic mass is 32.2. The highest BCUT2D eigenvalue weighted by molar-refractivity contribution is 7.99. The van der Waals surface area contributed by atoms with Gasteiger partial charge in [-0.1, -0.05) is 54.4 Å². The molecule has 1 N–H and O–H groups in total. The second-order valence-corrected chi connectivity index (χ2v) is 9.71. The number of rotatable bonds is 7. The maximum atomic E-state index is 10.7. The lowest BCUT2D eigenvalue weighted by atomic mass is 9.79. The van der Waals surface area contributed by atoms with Gasteiger partial charge in [0.05, 0.1) is 6.07 Å². The summed E-state index contributed by atoms with van der Waals surface area (Å²) in [4.78, 5) is 1.25. The minimum Gasteiger partial charge on any atom is -0.507 e. The van der Waals surface area contributed by atoms with Crippen molar-refractivity contribution >= 4 is 11.8 Å². The van der Waals surface area contributed by atoms with Gasteiger partial charge in [-0.05, 0) is 41.6 Å². The Kier molecular flexibility index (Phi) is 7.67. The van der Waals surface area contributed by atoms with Crippen LogP contribution in [0.15, 0.2) is 17.0 Å². The first-order valence-corrected chi connectivity index (χ1v) is 9.93. The lowest BCUT2D eigenvalue weighted by Crippen LogP contribution is -2.17. The smallest absolute Gasteiger partial charge is 0.123 e. The molecule has 0 spiro atoms. The lowest BCUT2D eigenvalue weighted by Gasteiger charge is -2.28. The van der Waals surface area contributed by atoms with Crippen LogP contribution in [0.25, 0.3) is 0 Å². The summed E-state index contributed by atoms with van der Waals surface area (Å²) in [6.07, 6.45) is 5.19. The molecule has 3 heteroatoms. The van der Waals surface area contributed by atoms with E-state index >= 15 is 0 Å². The highest BCUT2D eigenvalue weighted by Crippen LogP contribution is 2.41. The maximum absolute atomic E-state index is 10.7. The topological polar surface area (TPSA) is 44.0 Å². The van der Waals surface area contributed by atoms with Gasteiger partial charge in [0.15, 0.2) is 0 Å². The molecule has 0 saturated heterocycles. The molecule has 0 unspecified atom stereocenters. The van der Waals surface area contributed by atoms with Crippen LogP contribution in [0.1, 0.15) is 84.8 Å². The van der Waals surface area contributed by atoms with Crippen molar-refractivity contribution in [1.29, 1.82) is 5.26 Å². The van der Waals surface area contributed by atoms with Crippen molar-refractivity contribution in [2.24, 2.45) is 0 Å². The van der Waals surface area contributed by atoms with Gasteiger partial charge >= 0.3 is 0 Å². The lowest BCUT2D eigenvalue weighted by molar-refractivity contribution is 0.422. The molecule has 0 saturated carbocycles. The number of phenolic OH excluding ortho intramolecular Hbond substituents is 1. The number of nitrogens with zero attached hydrogens (tertiary/aromatic N) is 1. The number of phenols is 1. The SMILES string of the molecule is CC(C)(C)c1cc(SCCCCCCC#N)cc(C(C)(C)C)c1O. The molecule has 0 bridgehead atoms. The second-order valence-electron chi connectivity index (χ2n) is 8.54. The molecule has 0 fully saturated rings. The van der Waals surface area contributed by atoms with E-state index in [4.69, 9.17) is 5.26 Å². The van der Waals surface area contributed by atoms with E-state index in [-0.39, 0.29) is 10.8 Å². The minimum atomic E-state index is -0.0715. The van der Waals surface area contributed by atoms with Crippen molar-refractivity contribution in [2.75, 3.05) is 5.75 Å². The van der Waals surface area contributed by atoms with Crippen LogP contribution in [0.2, 0.25) is 0 Å². The first-order chi connectivity index (χ1) is 11.1. The first kappa shape index (κ1) is 20.9. The van der Waals surface area contributed by atoms with Crippen molar-refractivity contribution in [1.82, 2.24) is 0 Å². The Morgan fingerprint density at radius 2 is 1.42 bits per heavy atom. The Morgan fingerprint density at radius 3 is 1.88 bits per heavy atom. The number of hydrogen-bond acceptors (Lipinski definition) is 3. The van der Waals surface area contributed by atoms with Crippen molar-refractivity contribution in [3.63, 3.8) is 0 Å². The summed E-state index contributed by atoms with van der Waals surface area (Å²) in [5.74, 6) is 1.54. The van der Waals surface area contributed by atoms with E-state index in [1.807, 2.05) is 11.8 Å². The highest BCUT2D eigenvalue weighted by Gasteiger charge is 2.26. The van der Waals surface area contributed by atoms with Gasteiger partial charge in [-0.3, -0.25) is 0 Å². The van der Waals surface area contributed by atoms with E-state index < -0.39 is 0 Å². The third-order valence-electron chi connectivity index (χ3n) is 4.15. The summed E-state index contributed by atoms with van der Waals surface area (Å²) < 4.78 is 0. The van der Waals surface area contributed by atoms with Gasteiger partial charge in [0.2, 0.25) is 0 Å². The molecular weight excluding hydrogens is 314 g/mol. The second kappa shape index (κ2) is 8.81. The summed E-state index contributed by atoms with van der Waals surface area (Å²) in [5, 5.41) is 19.3. The zero-order valence-corrected chi connectivity index (χ0v) is 17.0. The van der Waals surface area contributed by atoms with Gasteiger partial charge in [-0.15, -0.1) is 11.8 Å². The van der Waals surface area contributed by atoms with Gasteiger partial charge in [0.25, 0.3) is 0 Å². The fourth-order valence-electron chi connectivity index (χ4n) is 2.68. The molecule has 1 aromatic carbocycles. The standard InChI is InChI=1S/C21H33NOS/c1-20(2,3)17-14-16(15-18(19(17)23)21(4,5)6)24-13-11-9-7-8-10-12-22/h14-15,23H,7-11,13H2,1-6H3. The van der Waals surface area contributed by atoms with Gasteiger partial charge < -0.3 is 5.11 Å². The summed E-state index contributed by atoms with van der Waals surface area (Å²) in [6.45, 7) is 12.9. The molecule has 0 radical (unpaired) electrons. The van der Waals surface area contributed by atoms with E-state index in [9.17, 15) is 5.11 Å². The predicted molar refractivity (Wildman–Crippen MR) is 105 cm³/mol. The summed E-state index contributed by atoms with van der Waals surface area (Å²) in [7, 11) is 0. The van der Waals surface area contributed by atoms with Crippen LogP contribution in [-0.2, 0) is 10.8 Å². The summed E-state index contributed by atoms with van der Waals surface area (Å²) in [5.41, 5.74) is 1.92. The Bertz CT molecular complexity index is 538. The molecule has 24 heavy (non-hydrogen) atoms. The number of unbranched alkanes of at least 4 members (excludes halogenated alkanes) is 4. The molecule has 1 rings (SSSR count). The largest absolute Gasteiger partial charge is 0.507 e. The van der Waals surface area contributed by atoms with Crippen LogP contribution in [0.3, 0.4) is 0 Å². The van der Waals surface area contributed by atoms with Crippen molar-refractivity contribution < 1.29 is 5.11 Å². The van der Waals surface area contributed by atoms with E-state index in [1.165, 1.54) is 17.7 Å². The number of nitriles is 1. The number of hydrogen-bond donors (Lipinski definition) is 1. The predicted octanol–water partition coefficient (Wildman–Crippen LogP) is 6.55. The third-order valence-corrected chi connectivity index (χ3v) is 5.21. The van der Waals surface area contributed by atoms with E-state index in [0.29, 0.717) is 12.2 Å². The molecule has 0 aromatic heterocycles. The first-order valence-electron chi connectivity index (χ1n) is 8.95. The molecule has 0 aliphatic heterocycles. The Morgan fingerprint density at radius 1 is 0.917 bits per heavy atom. The van der Waals surface area contributed by atoms with E-state index in [1.54, 1.807) is 0 Å². The molecule has 134 valence electrons. The van der Waals surface area contributed by atoms with Gasteiger partial charge in [-0.25, -0.2) is 0 Å². The van der Waals surface area contributed by atoms with Crippen molar-refractivity contribution in [3.8, 4) is 11.8 Å². The molecular formula is C21H33NOS. The van der Waals surface area contributed by atoms with Crippen molar-refractivity contribution in [3.05, 3.63) is 23.3 Å². The molecule has 1 aromatic rings. The van der Waals surface area contributed by atoms with Gasteiger partial charge in [-0.2, -0.15) is 5.26 Å². The zero-order valence-electron chi connectivity index (χ0n) is 16.2. The van der Waals surface area contributed by atoms with Crippen LogP contribution in [0, 0.1) is 11.3 Å². The zero-order chi connectivity index (χ0) is 18.4. The molecule has 0 atom stereocenters. The Labute approximate surface area is 152 Å². The molecule has 0 aliphatic carbocycles. The quantitative estimate of drug-likeness (QED) is 0.449. The Balaban J connectivity index is 2.83. The number of aromatic hydroxyl groups is 1. The van der Waals surface area contributed by atoms with Crippen LogP contribution in [0.5, 0.6) is 5.75 Å². The average molecular weight is 348 g/mol.